The lowest BCUT2D eigenvalue weighted by Crippen LogP contribution is -1.96. The monoisotopic (exact) mass is 378 g/mol. The van der Waals surface area contributed by atoms with E-state index in [1.807, 2.05) is 12.4 Å². The van der Waals surface area contributed by atoms with Gasteiger partial charge in [0, 0.05) is 0 Å². The van der Waals surface area contributed by atoms with Crippen LogP contribution in [-0.2, 0) is 0 Å². The summed E-state index contributed by atoms with van der Waals surface area (Å²) in [6.45, 7) is 4.25. The smallest absolute Gasteiger partial charge is 0.125 e. The lowest BCUT2D eigenvalue weighted by molar-refractivity contribution is 1.41. The lowest BCUT2D eigenvalue weighted by Gasteiger charge is -2.05. The van der Waals surface area contributed by atoms with E-state index in [9.17, 15) is 0 Å². The third kappa shape index (κ3) is 3.49. The Hall–Kier alpha value is -2.28. The van der Waals surface area contributed by atoms with E-state index in [0.29, 0.717) is 17.2 Å². The number of hydrogen-bond donors (Lipinski definition) is 2. The quantitative estimate of drug-likeness (QED) is 0.516. The summed E-state index contributed by atoms with van der Waals surface area (Å²) in [7, 11) is 1.37. The number of rotatable bonds is 5. The zero-order chi connectivity index (χ0) is 17.9. The second-order valence-electron chi connectivity index (χ2n) is 5.95. The van der Waals surface area contributed by atoms with Gasteiger partial charge in [-0.05, 0) is 35.6 Å². The Kier molecular flexibility index (Phi) is 4.97. The molecule has 2 aromatic heterocycles. The third-order valence-corrected chi connectivity index (χ3v) is 5.81. The summed E-state index contributed by atoms with van der Waals surface area (Å²) in [5.74, 6) is 0. The van der Waals surface area contributed by atoms with Crippen LogP contribution in [0.4, 0.5) is 0 Å². The van der Waals surface area contributed by atoms with Gasteiger partial charge >= 0.3 is 0 Å². The summed E-state index contributed by atoms with van der Waals surface area (Å²) in [5.41, 5.74) is 8.97. The largest absolute Gasteiger partial charge is 0.339 e. The van der Waals surface area contributed by atoms with Gasteiger partial charge in [-0.25, -0.2) is 9.97 Å². The second-order valence-corrected chi connectivity index (χ2v) is 7.89. The maximum Gasteiger partial charge on any atom is 0.125 e. The first-order chi connectivity index (χ1) is 12.8. The highest BCUT2D eigenvalue weighted by Gasteiger charge is 2.05. The van der Waals surface area contributed by atoms with E-state index in [-0.39, 0.29) is 0 Å². The molecule has 0 aliphatic rings. The van der Waals surface area contributed by atoms with Crippen molar-refractivity contribution < 1.29 is 0 Å². The van der Waals surface area contributed by atoms with Crippen LogP contribution in [0.2, 0.25) is 0 Å². The minimum absolute atomic E-state index is 0.686. The van der Waals surface area contributed by atoms with Crippen LogP contribution >= 0.6 is 17.2 Å². The average molecular weight is 378 g/mol. The highest BCUT2D eigenvalue weighted by molar-refractivity contribution is 7.45. The number of nitrogens with one attached hydrogen (secondary N) is 2. The predicted molar refractivity (Wildman–Crippen MR) is 115 cm³/mol. The molecule has 2 aromatic carbocycles. The standard InChI is InChI=1S/C20H20N4P2/c1-25-19-21-11-17(23-19)15-7-3-13(4-8-15)14-5-9-16(10-6-14)18-12-22-20(24-18)26-2/h3-12,25-26H,1-2H3,(H,21,23)(H,22,24). The Labute approximate surface area is 156 Å². The first-order valence-corrected chi connectivity index (χ1v) is 11.4. The lowest BCUT2D eigenvalue weighted by atomic mass is 10.0. The molecular weight excluding hydrogens is 358 g/mol. The number of aromatic nitrogens is 4. The molecule has 26 heavy (non-hydrogen) atoms. The molecule has 2 unspecified atom stereocenters. The van der Waals surface area contributed by atoms with Gasteiger partial charge in [0.05, 0.1) is 23.8 Å². The van der Waals surface area contributed by atoms with E-state index in [0.717, 1.165) is 33.6 Å². The Balaban J connectivity index is 1.55. The summed E-state index contributed by atoms with van der Waals surface area (Å²) < 4.78 is 0. The van der Waals surface area contributed by atoms with Crippen LogP contribution < -0.4 is 11.1 Å². The number of aromatic amines is 2. The predicted octanol–water partition coefficient (Wildman–Crippen LogP) is 4.00. The maximum atomic E-state index is 4.39. The van der Waals surface area contributed by atoms with Crippen molar-refractivity contribution in [1.29, 1.82) is 0 Å². The summed E-state index contributed by atoms with van der Waals surface area (Å²) in [6.07, 6.45) is 3.82. The number of nitrogens with zero attached hydrogens (tertiary/aromatic N) is 2. The maximum absolute atomic E-state index is 4.39. The van der Waals surface area contributed by atoms with E-state index < -0.39 is 0 Å². The summed E-state index contributed by atoms with van der Waals surface area (Å²) >= 11 is 0. The van der Waals surface area contributed by atoms with Crippen molar-refractivity contribution >= 4 is 28.3 Å². The van der Waals surface area contributed by atoms with Crippen molar-refractivity contribution in [3.05, 3.63) is 60.9 Å². The molecule has 0 fully saturated rings. The molecule has 0 saturated carbocycles. The molecule has 130 valence electrons. The van der Waals surface area contributed by atoms with Crippen LogP contribution in [0.15, 0.2) is 60.9 Å². The van der Waals surface area contributed by atoms with E-state index in [2.05, 4.69) is 81.8 Å². The molecule has 0 bridgehead atoms. The van der Waals surface area contributed by atoms with Gasteiger partial charge in [0.25, 0.3) is 0 Å². The van der Waals surface area contributed by atoms with Gasteiger partial charge in [0.2, 0.25) is 0 Å². The van der Waals surface area contributed by atoms with Crippen molar-refractivity contribution in [3.8, 4) is 33.6 Å². The Bertz CT molecular complexity index is 917. The SMILES string of the molecule is CPc1ncc(-c2ccc(-c3ccc(-c4cnc(PC)[nH]4)cc3)cc2)[nH]1. The molecule has 2 heterocycles. The van der Waals surface area contributed by atoms with Crippen LogP contribution in [-0.4, -0.2) is 33.3 Å². The van der Waals surface area contributed by atoms with E-state index in [4.69, 9.17) is 0 Å². The van der Waals surface area contributed by atoms with Gasteiger partial charge in [-0.3, -0.25) is 0 Å². The molecular formula is C20H20N4P2. The van der Waals surface area contributed by atoms with Crippen molar-refractivity contribution in [2.24, 2.45) is 0 Å². The molecule has 2 atom stereocenters. The third-order valence-electron chi connectivity index (χ3n) is 4.35. The van der Waals surface area contributed by atoms with Gasteiger partial charge in [-0.15, -0.1) is 0 Å². The molecule has 0 spiro atoms. The van der Waals surface area contributed by atoms with E-state index in [1.165, 1.54) is 11.1 Å². The molecule has 0 aliphatic heterocycles. The van der Waals surface area contributed by atoms with Crippen molar-refractivity contribution in [1.82, 2.24) is 19.9 Å². The van der Waals surface area contributed by atoms with E-state index >= 15 is 0 Å². The fraction of sp³-hybridized carbons (Fsp3) is 0.100. The molecule has 0 radical (unpaired) electrons. The minimum atomic E-state index is 0.686. The van der Waals surface area contributed by atoms with E-state index in [1.54, 1.807) is 0 Å². The fourth-order valence-electron chi connectivity index (χ4n) is 2.87. The van der Waals surface area contributed by atoms with Crippen molar-refractivity contribution in [2.75, 3.05) is 13.3 Å². The number of imidazole rings is 2. The molecule has 0 aliphatic carbocycles. The van der Waals surface area contributed by atoms with Crippen LogP contribution in [0.25, 0.3) is 33.6 Å². The number of H-pyrrole nitrogens is 2. The first-order valence-electron chi connectivity index (χ1n) is 8.43. The van der Waals surface area contributed by atoms with Crippen LogP contribution in [0.1, 0.15) is 0 Å². The molecule has 0 saturated heterocycles. The second kappa shape index (κ2) is 7.53. The van der Waals surface area contributed by atoms with Gasteiger partial charge in [0.1, 0.15) is 11.1 Å². The molecule has 4 nitrogen and oxygen atoms in total. The zero-order valence-electron chi connectivity index (χ0n) is 14.7. The molecule has 4 rings (SSSR count). The van der Waals surface area contributed by atoms with Crippen LogP contribution in [0.3, 0.4) is 0 Å². The van der Waals surface area contributed by atoms with Gasteiger partial charge < -0.3 is 9.97 Å². The van der Waals surface area contributed by atoms with Crippen LogP contribution in [0.5, 0.6) is 0 Å². The number of hydrogen-bond acceptors (Lipinski definition) is 2. The average Bonchev–Trinajstić information content (AvgIpc) is 3.38. The molecule has 2 N–H and O–H groups in total. The van der Waals surface area contributed by atoms with Crippen molar-refractivity contribution in [3.63, 3.8) is 0 Å². The topological polar surface area (TPSA) is 57.4 Å². The zero-order valence-corrected chi connectivity index (χ0v) is 16.7. The Morgan fingerprint density at radius 1 is 0.577 bits per heavy atom. The summed E-state index contributed by atoms with van der Waals surface area (Å²) in [4.78, 5) is 15.5. The molecule has 0 amide bonds. The van der Waals surface area contributed by atoms with Gasteiger partial charge in [0.15, 0.2) is 0 Å². The molecule has 6 heteroatoms. The Morgan fingerprint density at radius 2 is 0.923 bits per heavy atom. The van der Waals surface area contributed by atoms with Gasteiger partial charge in [-0.1, -0.05) is 65.7 Å². The Morgan fingerprint density at radius 3 is 1.23 bits per heavy atom. The van der Waals surface area contributed by atoms with Gasteiger partial charge in [-0.2, -0.15) is 0 Å². The highest BCUT2D eigenvalue weighted by Crippen LogP contribution is 2.26. The highest BCUT2D eigenvalue weighted by atomic mass is 31.1. The normalized spacial score (nSPS) is 11.9. The number of benzene rings is 2. The first kappa shape index (κ1) is 17.1. The van der Waals surface area contributed by atoms with Crippen LogP contribution in [0, 0.1) is 0 Å². The van der Waals surface area contributed by atoms with Crippen molar-refractivity contribution in [2.45, 2.75) is 0 Å². The minimum Gasteiger partial charge on any atom is -0.339 e. The summed E-state index contributed by atoms with van der Waals surface area (Å²) in [5, 5.41) is 0. The summed E-state index contributed by atoms with van der Waals surface area (Å²) in [6, 6.07) is 17.2. The molecule has 4 aromatic rings. The fourth-order valence-corrected chi connectivity index (χ4v) is 3.78.